The summed E-state index contributed by atoms with van der Waals surface area (Å²) in [5, 5.41) is 7.82. The Morgan fingerprint density at radius 1 is 1.10 bits per heavy atom. The normalized spacial score (nSPS) is 19.7. The number of anilines is 2. The average Bonchev–Trinajstić information content (AvgIpc) is 3.58. The highest BCUT2D eigenvalue weighted by Crippen LogP contribution is 2.38. The van der Waals surface area contributed by atoms with Gasteiger partial charge in [0.15, 0.2) is 11.5 Å². The van der Waals surface area contributed by atoms with Crippen molar-refractivity contribution in [3.8, 4) is 17.4 Å². The third-order valence-corrected chi connectivity index (χ3v) is 7.97. The van der Waals surface area contributed by atoms with E-state index in [1.54, 1.807) is 54.2 Å². The van der Waals surface area contributed by atoms with Crippen molar-refractivity contribution >= 4 is 34.0 Å². The molecule has 2 atom stereocenters. The molecule has 2 unspecified atom stereocenters. The Balaban J connectivity index is 1.10. The Labute approximate surface area is 240 Å². The van der Waals surface area contributed by atoms with Crippen LogP contribution in [-0.2, 0) is 4.79 Å². The van der Waals surface area contributed by atoms with Crippen LogP contribution in [0.1, 0.15) is 31.2 Å². The predicted molar refractivity (Wildman–Crippen MR) is 152 cm³/mol. The summed E-state index contributed by atoms with van der Waals surface area (Å²) in [6.45, 7) is 5.29. The molecule has 4 aromatic heterocycles. The second-order valence-electron chi connectivity index (χ2n) is 10.5. The number of nitrogens with zero attached hydrogens (tertiary/aromatic N) is 7. The zero-order valence-electron chi connectivity index (χ0n) is 22.8. The van der Waals surface area contributed by atoms with Crippen LogP contribution in [0.15, 0.2) is 68.0 Å². The molecular formula is C30H27FN8O3. The fourth-order valence-corrected chi connectivity index (χ4v) is 5.95. The van der Waals surface area contributed by atoms with Gasteiger partial charge in [0.25, 0.3) is 0 Å². The summed E-state index contributed by atoms with van der Waals surface area (Å²) in [7, 11) is 0. The molecule has 0 spiro atoms. The van der Waals surface area contributed by atoms with Crippen LogP contribution in [0.4, 0.5) is 15.9 Å². The van der Waals surface area contributed by atoms with E-state index in [2.05, 4.69) is 36.9 Å². The van der Waals surface area contributed by atoms with E-state index in [1.165, 1.54) is 18.7 Å². The van der Waals surface area contributed by atoms with Crippen LogP contribution < -0.4 is 14.8 Å². The number of halogens is 1. The molecule has 212 valence electrons. The van der Waals surface area contributed by atoms with Gasteiger partial charge in [-0.3, -0.25) is 4.79 Å². The minimum absolute atomic E-state index is 0.0203. The molecule has 5 aromatic rings. The van der Waals surface area contributed by atoms with E-state index in [0.29, 0.717) is 45.3 Å². The quantitative estimate of drug-likeness (QED) is 0.267. The van der Waals surface area contributed by atoms with E-state index in [9.17, 15) is 4.79 Å². The summed E-state index contributed by atoms with van der Waals surface area (Å²) in [6.07, 6.45) is 10.9. The van der Waals surface area contributed by atoms with Gasteiger partial charge in [-0.05, 0) is 44.0 Å². The van der Waals surface area contributed by atoms with Crippen LogP contribution in [0.2, 0.25) is 0 Å². The van der Waals surface area contributed by atoms with Crippen molar-refractivity contribution in [2.75, 3.05) is 5.32 Å². The van der Waals surface area contributed by atoms with Gasteiger partial charge in [0.05, 0.1) is 17.4 Å². The minimum atomic E-state index is -0.468. The number of piperidine rings is 1. The largest absolute Gasteiger partial charge is 0.474 e. The lowest BCUT2D eigenvalue weighted by molar-refractivity contribution is -0.131. The lowest BCUT2D eigenvalue weighted by Crippen LogP contribution is -2.48. The molecule has 2 bridgehead atoms. The van der Waals surface area contributed by atoms with E-state index < -0.39 is 5.82 Å². The zero-order valence-corrected chi connectivity index (χ0v) is 22.8. The van der Waals surface area contributed by atoms with Gasteiger partial charge in [-0.25, -0.2) is 28.8 Å². The van der Waals surface area contributed by atoms with Gasteiger partial charge in [-0.1, -0.05) is 6.58 Å². The molecule has 12 heteroatoms. The van der Waals surface area contributed by atoms with Gasteiger partial charge in [-0.2, -0.15) is 5.10 Å². The van der Waals surface area contributed by atoms with E-state index in [0.717, 1.165) is 25.7 Å². The number of benzene rings is 1. The number of amides is 1. The van der Waals surface area contributed by atoms with Gasteiger partial charge in [-0.15, -0.1) is 0 Å². The lowest BCUT2D eigenvalue weighted by Gasteiger charge is -2.38. The maximum Gasteiger partial charge on any atom is 0.246 e. The summed E-state index contributed by atoms with van der Waals surface area (Å²) in [4.78, 5) is 31.5. The molecule has 0 aliphatic carbocycles. The molecule has 42 heavy (non-hydrogen) atoms. The Kier molecular flexibility index (Phi) is 6.37. The molecular weight excluding hydrogens is 539 g/mol. The van der Waals surface area contributed by atoms with Gasteiger partial charge in [0.2, 0.25) is 11.8 Å². The van der Waals surface area contributed by atoms with Crippen LogP contribution in [0.25, 0.3) is 16.6 Å². The summed E-state index contributed by atoms with van der Waals surface area (Å²) < 4.78 is 29.4. The smallest absolute Gasteiger partial charge is 0.246 e. The van der Waals surface area contributed by atoms with Crippen molar-refractivity contribution in [1.29, 1.82) is 0 Å². The third-order valence-electron chi connectivity index (χ3n) is 7.97. The Hall–Kier alpha value is -5.13. The molecule has 2 aliphatic rings. The van der Waals surface area contributed by atoms with Crippen molar-refractivity contribution < 1.29 is 18.7 Å². The van der Waals surface area contributed by atoms with Crippen molar-refractivity contribution in [1.82, 2.24) is 34.4 Å². The Bertz CT molecular complexity index is 1830. The number of hydrogen-bond donors (Lipinski definition) is 1. The summed E-state index contributed by atoms with van der Waals surface area (Å²) >= 11 is 0. The second-order valence-corrected chi connectivity index (χ2v) is 10.5. The molecule has 7 rings (SSSR count). The Morgan fingerprint density at radius 2 is 1.93 bits per heavy atom. The van der Waals surface area contributed by atoms with Crippen LogP contribution in [0.5, 0.6) is 17.4 Å². The van der Waals surface area contributed by atoms with Gasteiger partial charge >= 0.3 is 0 Å². The number of carbonyl (C=O) groups is 1. The number of hydrogen-bond acceptors (Lipinski definition) is 9. The molecule has 1 N–H and O–H groups in total. The van der Waals surface area contributed by atoms with E-state index >= 15 is 4.39 Å². The van der Waals surface area contributed by atoms with Crippen LogP contribution in [0.3, 0.4) is 0 Å². The number of aromatic nitrogens is 6. The molecule has 6 heterocycles. The number of rotatable bonds is 7. The maximum absolute atomic E-state index is 15.6. The SMILES string of the molecule is C=CC(=O)N1C2CCC1CC(Oc1cc3c(Nc4ccc(Oc5ccn6ncnc6c5)c(C)c4F)ncnc3cn1)C2. The van der Waals surface area contributed by atoms with Crippen LogP contribution >= 0.6 is 0 Å². The molecule has 1 amide bonds. The number of nitrogens with one attached hydrogen (secondary N) is 1. The number of carbonyl (C=O) groups excluding carboxylic acids is 1. The van der Waals surface area contributed by atoms with Crippen LogP contribution in [0, 0.1) is 12.7 Å². The summed E-state index contributed by atoms with van der Waals surface area (Å²) in [5.41, 5.74) is 1.79. The van der Waals surface area contributed by atoms with E-state index in [-0.39, 0.29) is 29.8 Å². The minimum Gasteiger partial charge on any atom is -0.474 e. The predicted octanol–water partition coefficient (Wildman–Crippen LogP) is 5.14. The molecule has 2 saturated heterocycles. The third kappa shape index (κ3) is 4.64. The first-order chi connectivity index (χ1) is 20.5. The van der Waals surface area contributed by atoms with Crippen molar-refractivity contribution in [2.24, 2.45) is 0 Å². The van der Waals surface area contributed by atoms with Crippen molar-refractivity contribution in [3.63, 3.8) is 0 Å². The highest BCUT2D eigenvalue weighted by atomic mass is 19.1. The maximum atomic E-state index is 15.6. The fourth-order valence-electron chi connectivity index (χ4n) is 5.95. The zero-order chi connectivity index (χ0) is 28.8. The molecule has 2 aliphatic heterocycles. The number of pyridine rings is 2. The van der Waals surface area contributed by atoms with Gasteiger partial charge in [0.1, 0.15) is 36.1 Å². The molecule has 0 radical (unpaired) electrons. The standard InChI is InChI=1S/C30H27FN8O3/c1-3-28(40)39-18-4-5-19(39)11-21(10-18)42-27-13-22-24(14-32-27)33-15-35-30(22)37-23-6-7-25(17(2)29(23)31)41-20-8-9-38-26(12-20)34-16-36-38/h3,6-9,12-16,18-19,21H,1,4-5,10-11H2,2H3,(H,33,35,37). The molecule has 1 aromatic carbocycles. The first kappa shape index (κ1) is 25.8. The van der Waals surface area contributed by atoms with Crippen LogP contribution in [-0.4, -0.2) is 58.5 Å². The Morgan fingerprint density at radius 3 is 2.74 bits per heavy atom. The fraction of sp³-hybridized carbons (Fsp3) is 0.267. The van der Waals surface area contributed by atoms with E-state index in [4.69, 9.17) is 9.47 Å². The highest BCUT2D eigenvalue weighted by molar-refractivity contribution is 5.91. The van der Waals surface area contributed by atoms with Gasteiger partial charge < -0.3 is 19.7 Å². The average molecular weight is 567 g/mol. The summed E-state index contributed by atoms with van der Waals surface area (Å²) in [6, 6.07) is 8.82. The lowest BCUT2D eigenvalue weighted by atomic mass is 9.99. The first-order valence-electron chi connectivity index (χ1n) is 13.7. The monoisotopic (exact) mass is 566 g/mol. The highest BCUT2D eigenvalue weighted by Gasteiger charge is 2.43. The summed E-state index contributed by atoms with van der Waals surface area (Å²) in [5.74, 6) is 1.26. The molecule has 11 nitrogen and oxygen atoms in total. The topological polar surface area (TPSA) is 120 Å². The second kappa shape index (κ2) is 10.4. The molecule has 2 fully saturated rings. The van der Waals surface area contributed by atoms with Gasteiger partial charge in [0, 0.05) is 54.2 Å². The van der Waals surface area contributed by atoms with E-state index in [1.807, 2.05) is 4.90 Å². The van der Waals surface area contributed by atoms with Crippen molar-refractivity contribution in [3.05, 3.63) is 79.4 Å². The van der Waals surface area contributed by atoms with Crippen molar-refractivity contribution in [2.45, 2.75) is 50.8 Å². The molecule has 0 saturated carbocycles. The first-order valence-corrected chi connectivity index (χ1v) is 13.7. The number of ether oxygens (including phenoxy) is 2. The number of fused-ring (bicyclic) bond motifs is 4.